The number of benzene rings is 1. The number of aromatic nitrogens is 3. The summed E-state index contributed by atoms with van der Waals surface area (Å²) in [4.78, 5) is 7.08. The molecule has 0 radical (unpaired) electrons. The van der Waals surface area contributed by atoms with Gasteiger partial charge in [-0.05, 0) is 50.0 Å². The minimum absolute atomic E-state index is 0. The SMILES string of the molecule is CSCCCNC(=NCc1nnc(C)n1C)N1CC(C)OC(c2ccc(F)cc2)C1.I. The van der Waals surface area contributed by atoms with Gasteiger partial charge in [0, 0.05) is 20.1 Å². The van der Waals surface area contributed by atoms with Crippen LogP contribution in [-0.4, -0.2) is 63.4 Å². The summed E-state index contributed by atoms with van der Waals surface area (Å²) in [5.41, 5.74) is 0.971. The van der Waals surface area contributed by atoms with E-state index in [4.69, 9.17) is 9.73 Å². The van der Waals surface area contributed by atoms with Gasteiger partial charge in [0.05, 0.1) is 12.6 Å². The molecule has 2 atom stereocenters. The average Bonchev–Trinajstić information content (AvgIpc) is 3.05. The summed E-state index contributed by atoms with van der Waals surface area (Å²) in [7, 11) is 1.95. The first-order valence-corrected chi connectivity index (χ1v) is 11.6. The van der Waals surface area contributed by atoms with E-state index in [2.05, 4.69) is 33.6 Å². The monoisotopic (exact) mass is 562 g/mol. The summed E-state index contributed by atoms with van der Waals surface area (Å²) in [5, 5.41) is 11.9. The van der Waals surface area contributed by atoms with Crippen LogP contribution in [0.15, 0.2) is 29.3 Å². The van der Waals surface area contributed by atoms with E-state index >= 15 is 0 Å². The second-order valence-electron chi connectivity index (χ2n) is 7.53. The number of hydrogen-bond donors (Lipinski definition) is 1. The molecule has 1 fully saturated rings. The zero-order valence-electron chi connectivity index (χ0n) is 18.5. The molecule has 1 aromatic carbocycles. The molecule has 1 aliphatic rings. The highest BCUT2D eigenvalue weighted by molar-refractivity contribution is 14.0. The van der Waals surface area contributed by atoms with Crippen molar-refractivity contribution in [1.29, 1.82) is 0 Å². The van der Waals surface area contributed by atoms with Gasteiger partial charge >= 0.3 is 0 Å². The molecule has 172 valence electrons. The predicted molar refractivity (Wildman–Crippen MR) is 135 cm³/mol. The average molecular weight is 562 g/mol. The van der Waals surface area contributed by atoms with E-state index in [1.165, 1.54) is 12.1 Å². The molecule has 2 unspecified atom stereocenters. The number of ether oxygens (including phenoxy) is 1. The van der Waals surface area contributed by atoms with Crippen molar-refractivity contribution in [2.45, 2.75) is 39.0 Å². The molecule has 1 aliphatic heterocycles. The van der Waals surface area contributed by atoms with Crippen molar-refractivity contribution in [3.63, 3.8) is 0 Å². The Morgan fingerprint density at radius 2 is 2.03 bits per heavy atom. The Balaban J connectivity index is 0.00000341. The number of hydrogen-bond acceptors (Lipinski definition) is 5. The molecular weight excluding hydrogens is 530 g/mol. The molecule has 1 saturated heterocycles. The van der Waals surface area contributed by atoms with Gasteiger partial charge < -0.3 is 19.5 Å². The van der Waals surface area contributed by atoms with Crippen LogP contribution in [0.2, 0.25) is 0 Å². The Hall–Kier alpha value is -1.40. The Bertz CT molecular complexity index is 847. The molecule has 31 heavy (non-hydrogen) atoms. The van der Waals surface area contributed by atoms with E-state index in [1.54, 1.807) is 12.1 Å². The number of morpholine rings is 1. The van der Waals surface area contributed by atoms with Gasteiger partial charge in [-0.25, -0.2) is 9.38 Å². The summed E-state index contributed by atoms with van der Waals surface area (Å²) in [6, 6.07) is 6.55. The van der Waals surface area contributed by atoms with Crippen molar-refractivity contribution in [2.75, 3.05) is 31.6 Å². The Labute approximate surface area is 205 Å². The van der Waals surface area contributed by atoms with E-state index in [9.17, 15) is 4.39 Å². The first-order valence-electron chi connectivity index (χ1n) is 10.3. The summed E-state index contributed by atoms with van der Waals surface area (Å²) in [5.74, 6) is 3.40. The Morgan fingerprint density at radius 1 is 1.29 bits per heavy atom. The molecular formula is C21H32FIN6OS. The Morgan fingerprint density at radius 3 is 2.68 bits per heavy atom. The van der Waals surface area contributed by atoms with Crippen LogP contribution in [0.25, 0.3) is 0 Å². The van der Waals surface area contributed by atoms with Crippen molar-refractivity contribution >= 4 is 41.7 Å². The van der Waals surface area contributed by atoms with Gasteiger partial charge in [-0.1, -0.05) is 12.1 Å². The standard InChI is InChI=1S/C21H31FN6OS.HI/c1-15-13-28(14-19(29-15)17-6-8-18(22)9-7-17)21(23-10-5-11-30-4)24-12-20-26-25-16(2)27(20)3;/h6-9,15,19H,5,10-14H2,1-4H3,(H,23,24);1H. The lowest BCUT2D eigenvalue weighted by molar-refractivity contribution is -0.0605. The van der Waals surface area contributed by atoms with Crippen LogP contribution in [0.3, 0.4) is 0 Å². The number of nitrogens with one attached hydrogen (secondary N) is 1. The summed E-state index contributed by atoms with van der Waals surface area (Å²) in [6.07, 6.45) is 3.07. The zero-order valence-corrected chi connectivity index (χ0v) is 21.7. The number of nitrogens with zero attached hydrogens (tertiary/aromatic N) is 5. The quantitative estimate of drug-likeness (QED) is 0.241. The molecule has 7 nitrogen and oxygen atoms in total. The van der Waals surface area contributed by atoms with Crippen molar-refractivity contribution in [3.8, 4) is 0 Å². The number of guanidine groups is 1. The predicted octanol–water partition coefficient (Wildman–Crippen LogP) is 3.54. The number of aryl methyl sites for hydroxylation is 1. The smallest absolute Gasteiger partial charge is 0.194 e. The molecule has 0 saturated carbocycles. The van der Waals surface area contributed by atoms with E-state index in [0.29, 0.717) is 13.1 Å². The van der Waals surface area contributed by atoms with Gasteiger partial charge in [-0.3, -0.25) is 0 Å². The molecule has 0 aliphatic carbocycles. The summed E-state index contributed by atoms with van der Waals surface area (Å²) < 4.78 is 21.4. The van der Waals surface area contributed by atoms with Crippen LogP contribution in [0.5, 0.6) is 0 Å². The number of aliphatic imine (C=N–C) groups is 1. The van der Waals surface area contributed by atoms with Gasteiger partial charge in [0.15, 0.2) is 11.8 Å². The lowest BCUT2D eigenvalue weighted by atomic mass is 10.1. The van der Waals surface area contributed by atoms with Gasteiger partial charge in [-0.2, -0.15) is 11.8 Å². The van der Waals surface area contributed by atoms with Crippen molar-refractivity contribution in [1.82, 2.24) is 25.0 Å². The minimum atomic E-state index is -0.240. The fourth-order valence-electron chi connectivity index (χ4n) is 3.40. The first-order chi connectivity index (χ1) is 14.5. The maximum Gasteiger partial charge on any atom is 0.194 e. The van der Waals surface area contributed by atoms with Gasteiger partial charge in [0.2, 0.25) is 0 Å². The number of halogens is 2. The molecule has 2 aromatic rings. The summed E-state index contributed by atoms with van der Waals surface area (Å²) >= 11 is 1.84. The van der Waals surface area contributed by atoms with Gasteiger partial charge in [-0.15, -0.1) is 34.2 Å². The zero-order chi connectivity index (χ0) is 21.5. The third kappa shape index (κ3) is 7.31. The molecule has 0 amide bonds. The van der Waals surface area contributed by atoms with Crippen molar-refractivity contribution < 1.29 is 9.13 Å². The van der Waals surface area contributed by atoms with Gasteiger partial charge in [0.1, 0.15) is 24.3 Å². The van der Waals surface area contributed by atoms with Crippen LogP contribution in [0, 0.1) is 12.7 Å². The van der Waals surface area contributed by atoms with Crippen LogP contribution in [-0.2, 0) is 18.3 Å². The second-order valence-corrected chi connectivity index (χ2v) is 8.51. The van der Waals surface area contributed by atoms with E-state index < -0.39 is 0 Å². The topological polar surface area (TPSA) is 67.6 Å². The van der Waals surface area contributed by atoms with E-state index in [-0.39, 0.29) is 42.0 Å². The van der Waals surface area contributed by atoms with Gasteiger partial charge in [0.25, 0.3) is 0 Å². The van der Waals surface area contributed by atoms with E-state index in [0.717, 1.165) is 48.4 Å². The lowest BCUT2D eigenvalue weighted by Gasteiger charge is -2.39. The number of thioether (sulfide) groups is 1. The molecule has 1 aromatic heterocycles. The summed E-state index contributed by atoms with van der Waals surface area (Å²) in [6.45, 7) is 6.69. The maximum absolute atomic E-state index is 13.3. The van der Waals surface area contributed by atoms with Crippen molar-refractivity contribution in [3.05, 3.63) is 47.3 Å². The molecule has 1 N–H and O–H groups in total. The van der Waals surface area contributed by atoms with E-state index in [1.807, 2.05) is 30.3 Å². The highest BCUT2D eigenvalue weighted by Gasteiger charge is 2.28. The molecule has 0 spiro atoms. The lowest BCUT2D eigenvalue weighted by Crippen LogP contribution is -2.51. The third-order valence-electron chi connectivity index (χ3n) is 5.16. The second kappa shape index (κ2) is 12.6. The number of rotatable bonds is 7. The molecule has 3 rings (SSSR count). The normalized spacial score (nSPS) is 19.3. The van der Waals surface area contributed by atoms with Crippen molar-refractivity contribution in [2.24, 2.45) is 12.0 Å². The minimum Gasteiger partial charge on any atom is -0.367 e. The largest absolute Gasteiger partial charge is 0.367 e. The molecule has 0 bridgehead atoms. The first kappa shape index (κ1) is 25.9. The van der Waals surface area contributed by atoms with Crippen LogP contribution in [0.1, 0.15) is 36.7 Å². The molecule has 10 heteroatoms. The van der Waals surface area contributed by atoms with Crippen LogP contribution < -0.4 is 5.32 Å². The molecule has 2 heterocycles. The fourth-order valence-corrected chi connectivity index (χ4v) is 3.84. The van der Waals surface area contributed by atoms with Crippen LogP contribution in [0.4, 0.5) is 4.39 Å². The third-order valence-corrected chi connectivity index (χ3v) is 5.86. The highest BCUT2D eigenvalue weighted by atomic mass is 127. The Kier molecular flexibility index (Phi) is 10.5. The van der Waals surface area contributed by atoms with Crippen LogP contribution >= 0.6 is 35.7 Å². The maximum atomic E-state index is 13.3. The fraction of sp³-hybridized carbons (Fsp3) is 0.571. The highest BCUT2D eigenvalue weighted by Crippen LogP contribution is 2.25.